The average molecular weight is 584 g/mol. The lowest BCUT2D eigenvalue weighted by Gasteiger charge is -2.39. The van der Waals surface area contributed by atoms with Gasteiger partial charge in [-0.1, -0.05) is 6.08 Å². The lowest BCUT2D eigenvalue weighted by molar-refractivity contribution is -0.151. The zero-order valence-electron chi connectivity index (χ0n) is 22.3. The Morgan fingerprint density at radius 3 is 2.80 bits per heavy atom. The molecule has 13 heteroatoms. The van der Waals surface area contributed by atoms with Crippen LogP contribution in [0.2, 0.25) is 0 Å². The second kappa shape index (κ2) is 11.6. The molecular formula is C27H37ClF3N7O2. The summed E-state index contributed by atoms with van der Waals surface area (Å²) in [6.07, 6.45) is 3.19. The Morgan fingerprint density at radius 1 is 1.25 bits per heavy atom. The van der Waals surface area contributed by atoms with Gasteiger partial charge in [-0.25, -0.2) is 0 Å². The fourth-order valence-electron chi connectivity index (χ4n) is 6.82. The van der Waals surface area contributed by atoms with E-state index in [9.17, 15) is 18.0 Å². The average Bonchev–Trinajstić information content (AvgIpc) is 3.56. The van der Waals surface area contributed by atoms with Crippen molar-refractivity contribution in [1.82, 2.24) is 31.1 Å². The summed E-state index contributed by atoms with van der Waals surface area (Å²) >= 11 is 6.75. The van der Waals surface area contributed by atoms with Gasteiger partial charge in [-0.05, 0) is 43.4 Å². The summed E-state index contributed by atoms with van der Waals surface area (Å²) in [4.78, 5) is 21.9. The number of morpholine rings is 1. The zero-order valence-corrected chi connectivity index (χ0v) is 23.1. The maximum absolute atomic E-state index is 13.6. The largest absolute Gasteiger partial charge is 0.429 e. The van der Waals surface area contributed by atoms with Crippen molar-refractivity contribution in [2.45, 2.75) is 55.2 Å². The molecule has 0 aromatic carbocycles. The van der Waals surface area contributed by atoms with Crippen molar-refractivity contribution >= 4 is 23.7 Å². The van der Waals surface area contributed by atoms with Crippen LogP contribution in [0.1, 0.15) is 19.3 Å². The molecule has 5 aliphatic heterocycles. The summed E-state index contributed by atoms with van der Waals surface area (Å²) in [5, 5.41) is 12.4. The molecule has 3 fully saturated rings. The fourth-order valence-corrected chi connectivity index (χ4v) is 7.18. The highest BCUT2D eigenvalue weighted by molar-refractivity contribution is 6.22. The van der Waals surface area contributed by atoms with Crippen LogP contribution in [0.5, 0.6) is 0 Å². The minimum absolute atomic E-state index is 0.109. The van der Waals surface area contributed by atoms with Crippen LogP contribution in [0.15, 0.2) is 40.2 Å². The molecule has 3 saturated heterocycles. The summed E-state index contributed by atoms with van der Waals surface area (Å²) in [6.45, 7) is 5.64. The first kappa shape index (κ1) is 28.0. The van der Waals surface area contributed by atoms with Crippen LogP contribution < -0.4 is 21.3 Å². The van der Waals surface area contributed by atoms with Crippen molar-refractivity contribution in [2.75, 3.05) is 52.5 Å². The molecule has 9 nitrogen and oxygen atoms in total. The van der Waals surface area contributed by atoms with Crippen LogP contribution in [0.4, 0.5) is 13.2 Å². The number of hydrogen-bond donors (Lipinski definition) is 4. The van der Waals surface area contributed by atoms with E-state index in [0.717, 1.165) is 37.3 Å². The van der Waals surface area contributed by atoms with E-state index in [2.05, 4.69) is 48.2 Å². The third kappa shape index (κ3) is 5.78. The number of ether oxygens (including phenoxy) is 1. The number of nitrogens with zero attached hydrogens (tertiary/aromatic N) is 3. The number of rotatable bonds is 6. The Bertz CT molecular complexity index is 1080. The second-order valence-electron chi connectivity index (χ2n) is 11.4. The molecule has 5 heterocycles. The first-order valence-corrected chi connectivity index (χ1v) is 14.7. The van der Waals surface area contributed by atoms with E-state index < -0.39 is 18.3 Å². The lowest BCUT2D eigenvalue weighted by atomic mass is 9.82. The monoisotopic (exact) mass is 583 g/mol. The van der Waals surface area contributed by atoms with Crippen molar-refractivity contribution in [3.8, 4) is 0 Å². The second-order valence-corrected chi connectivity index (χ2v) is 12.0. The molecule has 0 radical (unpaired) electrons. The van der Waals surface area contributed by atoms with Crippen molar-refractivity contribution in [3.63, 3.8) is 0 Å². The van der Waals surface area contributed by atoms with Crippen LogP contribution in [-0.4, -0.2) is 110 Å². The van der Waals surface area contributed by atoms with Gasteiger partial charge in [0.2, 0.25) is 12.1 Å². The minimum atomic E-state index is -4.48. The fraction of sp³-hybridized carbons (Fsp3) is 0.704. The summed E-state index contributed by atoms with van der Waals surface area (Å²) in [7, 11) is 0. The SMILES string of the molecule is O=C(NCC(C1=CNC(C(F)(F)F)N=C1)N1CCOCC1)C1C2=C(CCC1Cl)NC(N1CC3CCNC3C1)C=C2. The molecule has 7 atom stereocenters. The van der Waals surface area contributed by atoms with Gasteiger partial charge in [0, 0.05) is 67.8 Å². The molecule has 0 aromatic heterocycles. The number of allylic oxidation sites excluding steroid dienone is 2. The summed E-state index contributed by atoms with van der Waals surface area (Å²) < 4.78 is 44.8. The molecule has 7 unspecified atom stereocenters. The highest BCUT2D eigenvalue weighted by atomic mass is 35.5. The van der Waals surface area contributed by atoms with Crippen molar-refractivity contribution in [1.29, 1.82) is 0 Å². The predicted molar refractivity (Wildman–Crippen MR) is 146 cm³/mol. The van der Waals surface area contributed by atoms with Crippen molar-refractivity contribution in [2.24, 2.45) is 16.8 Å². The van der Waals surface area contributed by atoms with E-state index in [1.165, 1.54) is 18.8 Å². The molecule has 0 saturated carbocycles. The Kier molecular flexibility index (Phi) is 8.15. The van der Waals surface area contributed by atoms with E-state index >= 15 is 0 Å². The van der Waals surface area contributed by atoms with Crippen LogP contribution in [-0.2, 0) is 9.53 Å². The van der Waals surface area contributed by atoms with Crippen LogP contribution in [0, 0.1) is 11.8 Å². The topological polar surface area (TPSA) is 93.3 Å². The minimum Gasteiger partial charge on any atom is -0.379 e. The van der Waals surface area contributed by atoms with Gasteiger partial charge in [-0.15, -0.1) is 11.6 Å². The normalized spacial score (nSPS) is 35.5. The van der Waals surface area contributed by atoms with Gasteiger partial charge in [-0.2, -0.15) is 13.2 Å². The molecule has 1 amide bonds. The third-order valence-corrected chi connectivity index (χ3v) is 9.46. The van der Waals surface area contributed by atoms with Crippen molar-refractivity contribution < 1.29 is 22.7 Å². The number of halogens is 4. The number of nitrogens with one attached hydrogen (secondary N) is 4. The quantitative estimate of drug-likeness (QED) is 0.350. The van der Waals surface area contributed by atoms with E-state index in [-0.39, 0.29) is 30.0 Å². The molecule has 0 aromatic rings. The van der Waals surface area contributed by atoms with Crippen LogP contribution in [0.25, 0.3) is 0 Å². The molecular weight excluding hydrogens is 547 g/mol. The highest BCUT2D eigenvalue weighted by Crippen LogP contribution is 2.37. The molecule has 6 aliphatic rings. The Balaban J connectivity index is 1.12. The summed E-state index contributed by atoms with van der Waals surface area (Å²) in [6, 6.07) is 0.206. The maximum atomic E-state index is 13.6. The number of fused-ring (bicyclic) bond motifs is 1. The van der Waals surface area contributed by atoms with E-state index in [0.29, 0.717) is 50.3 Å². The van der Waals surface area contributed by atoms with Gasteiger partial charge in [0.1, 0.15) is 0 Å². The molecule has 0 spiro atoms. The number of amides is 1. The lowest BCUT2D eigenvalue weighted by Crippen LogP contribution is -2.53. The Hall–Kier alpha value is -2.12. The Labute approximate surface area is 237 Å². The summed E-state index contributed by atoms with van der Waals surface area (Å²) in [5.41, 5.74) is 2.58. The number of likely N-dealkylation sites (tertiary alicyclic amines) is 1. The van der Waals surface area contributed by atoms with Gasteiger partial charge < -0.3 is 26.0 Å². The molecule has 40 heavy (non-hydrogen) atoms. The van der Waals surface area contributed by atoms with Gasteiger partial charge in [0.25, 0.3) is 0 Å². The van der Waals surface area contributed by atoms with Crippen LogP contribution in [0.3, 0.4) is 0 Å². The van der Waals surface area contributed by atoms with E-state index in [1.807, 2.05) is 0 Å². The van der Waals surface area contributed by atoms with Gasteiger partial charge in [-0.3, -0.25) is 19.6 Å². The molecule has 6 rings (SSSR count). The number of aliphatic imine (C=N–C) groups is 1. The van der Waals surface area contributed by atoms with Crippen LogP contribution >= 0.6 is 11.6 Å². The number of hydrogen-bond acceptors (Lipinski definition) is 8. The van der Waals surface area contributed by atoms with Crippen molar-refractivity contribution in [3.05, 3.63) is 35.2 Å². The number of dihydropyridines is 1. The molecule has 0 bridgehead atoms. The van der Waals surface area contributed by atoms with Gasteiger partial charge >= 0.3 is 6.18 Å². The molecule has 1 aliphatic carbocycles. The number of carbonyl (C=O) groups excluding carboxylic acids is 1. The number of carbonyl (C=O) groups is 1. The zero-order chi connectivity index (χ0) is 27.9. The first-order chi connectivity index (χ1) is 19.3. The number of alkyl halides is 4. The smallest absolute Gasteiger partial charge is 0.379 e. The molecule has 4 N–H and O–H groups in total. The highest BCUT2D eigenvalue weighted by Gasteiger charge is 2.42. The molecule has 220 valence electrons. The third-order valence-electron chi connectivity index (χ3n) is 8.99. The van der Waals surface area contributed by atoms with Gasteiger partial charge in [0.05, 0.1) is 31.3 Å². The predicted octanol–water partition coefficient (Wildman–Crippen LogP) is 1.30. The van der Waals surface area contributed by atoms with E-state index in [1.54, 1.807) is 0 Å². The first-order valence-electron chi connectivity index (χ1n) is 14.2. The van der Waals surface area contributed by atoms with E-state index in [4.69, 9.17) is 16.3 Å². The standard InChI is InChI=1S/C27H37ClF3N7O2/c28-19-2-3-20-18(1-4-23(36-20)38-14-16-5-6-32-21(16)15-38)24(19)25(39)33-13-22(37-7-9-40-10-8-37)17-11-34-26(35-12-17)27(29,30)31/h1,4,11-12,16,19,21-24,26,32,34,36H,2-3,5-10,13-15H2,(H,33,39). The van der Waals surface area contributed by atoms with Gasteiger partial charge in [0.15, 0.2) is 0 Å². The summed E-state index contributed by atoms with van der Waals surface area (Å²) in [5.74, 6) is 0.00697. The Morgan fingerprint density at radius 2 is 2.08 bits per heavy atom. The maximum Gasteiger partial charge on any atom is 0.429 e.